The van der Waals surface area contributed by atoms with Gasteiger partial charge in [-0.2, -0.15) is 4.99 Å². The zero-order chi connectivity index (χ0) is 19.1. The summed E-state index contributed by atoms with van der Waals surface area (Å²) >= 11 is 1.47. The molecule has 0 N–H and O–H groups in total. The first-order chi connectivity index (χ1) is 13.7. The van der Waals surface area contributed by atoms with E-state index >= 15 is 0 Å². The minimum absolute atomic E-state index is 0.159. The molecular formula is C21H20N4O2S. The summed E-state index contributed by atoms with van der Waals surface area (Å²) in [6.45, 7) is 4.16. The summed E-state index contributed by atoms with van der Waals surface area (Å²) in [6.07, 6.45) is 7.08. The summed E-state index contributed by atoms with van der Waals surface area (Å²) in [7, 11) is 0. The Morgan fingerprint density at radius 3 is 2.82 bits per heavy atom. The number of pyridine rings is 2. The van der Waals surface area contributed by atoms with Crippen molar-refractivity contribution in [1.82, 2.24) is 14.9 Å². The van der Waals surface area contributed by atoms with Crippen molar-refractivity contribution in [3.8, 4) is 0 Å². The zero-order valence-electron chi connectivity index (χ0n) is 15.6. The molecule has 0 radical (unpaired) electrons. The Hall–Kier alpha value is -2.51. The van der Waals surface area contributed by atoms with Gasteiger partial charge in [0.05, 0.1) is 22.8 Å². The van der Waals surface area contributed by atoms with E-state index in [4.69, 9.17) is 4.74 Å². The molecule has 0 saturated carbocycles. The normalized spacial score (nSPS) is 22.4. The summed E-state index contributed by atoms with van der Waals surface area (Å²) in [4.78, 5) is 28.3. The second kappa shape index (κ2) is 6.83. The summed E-state index contributed by atoms with van der Waals surface area (Å²) in [5.41, 5.74) is 3.92. The molecule has 6 nitrogen and oxygen atoms in total. The van der Waals surface area contributed by atoms with Gasteiger partial charge in [0.15, 0.2) is 5.17 Å². The van der Waals surface area contributed by atoms with Crippen molar-refractivity contribution in [3.05, 3.63) is 64.6 Å². The predicted octanol–water partition coefficient (Wildman–Crippen LogP) is 3.36. The number of hydrogen-bond acceptors (Lipinski definition) is 6. The molecule has 1 spiro atoms. The average Bonchev–Trinajstić information content (AvgIpc) is 3.30. The maximum absolute atomic E-state index is 12.5. The van der Waals surface area contributed by atoms with Crippen LogP contribution in [0.1, 0.15) is 36.6 Å². The number of carbonyl (C=O) groups is 1. The molecule has 28 heavy (non-hydrogen) atoms. The van der Waals surface area contributed by atoms with E-state index in [2.05, 4.69) is 25.9 Å². The van der Waals surface area contributed by atoms with Crippen LogP contribution in [0.3, 0.4) is 0 Å². The number of hydrogen-bond donors (Lipinski definition) is 0. The molecule has 2 aromatic rings. The van der Waals surface area contributed by atoms with Crippen molar-refractivity contribution in [2.24, 2.45) is 4.99 Å². The van der Waals surface area contributed by atoms with E-state index in [1.165, 1.54) is 17.3 Å². The lowest BCUT2D eigenvalue weighted by Crippen LogP contribution is -2.44. The molecule has 2 aromatic heterocycles. The van der Waals surface area contributed by atoms with Crippen molar-refractivity contribution in [1.29, 1.82) is 0 Å². The van der Waals surface area contributed by atoms with E-state index in [0.29, 0.717) is 11.5 Å². The van der Waals surface area contributed by atoms with Gasteiger partial charge in [-0.3, -0.25) is 14.8 Å². The molecule has 0 aliphatic carbocycles. The zero-order valence-corrected chi connectivity index (χ0v) is 16.4. The van der Waals surface area contributed by atoms with Crippen LogP contribution < -0.4 is 0 Å². The van der Waals surface area contributed by atoms with Crippen LogP contribution in [0.25, 0.3) is 5.57 Å². The van der Waals surface area contributed by atoms with Crippen LogP contribution in [-0.4, -0.2) is 39.0 Å². The van der Waals surface area contributed by atoms with Gasteiger partial charge in [-0.1, -0.05) is 12.1 Å². The number of allylic oxidation sites excluding steroid dienone is 1. The Morgan fingerprint density at radius 2 is 2.04 bits per heavy atom. The number of aromatic nitrogens is 2. The first-order valence-corrected chi connectivity index (χ1v) is 10.2. The first-order valence-electron chi connectivity index (χ1n) is 9.42. The van der Waals surface area contributed by atoms with E-state index in [-0.39, 0.29) is 11.5 Å². The number of ether oxygens (including phenoxy) is 1. The third kappa shape index (κ3) is 2.86. The quantitative estimate of drug-likeness (QED) is 0.694. The Morgan fingerprint density at radius 1 is 1.21 bits per heavy atom. The lowest BCUT2D eigenvalue weighted by atomic mass is 9.85. The highest BCUT2D eigenvalue weighted by molar-refractivity contribution is 8.18. The van der Waals surface area contributed by atoms with Crippen LogP contribution in [0, 0.1) is 0 Å². The topological polar surface area (TPSA) is 67.7 Å². The molecule has 3 aliphatic rings. The lowest BCUT2D eigenvalue weighted by molar-refractivity contribution is -0.113. The molecule has 0 atom stereocenters. The average molecular weight is 392 g/mol. The molecule has 1 amide bonds. The number of thioether (sulfide) groups is 1. The number of aliphatic imine (C=N–C) groups is 1. The molecule has 1 fully saturated rings. The highest BCUT2D eigenvalue weighted by Crippen LogP contribution is 2.44. The molecule has 0 bridgehead atoms. The Bertz CT molecular complexity index is 994. The van der Waals surface area contributed by atoms with Gasteiger partial charge in [-0.15, -0.1) is 0 Å². The number of carbonyl (C=O) groups excluding carboxylic acids is 1. The standard InChI is InChI=1S/C21H20N4O2S/c1-14(15-4-2-8-22-12-15)18-19(26)24-20(28-18)25-10-6-21(7-11-25)16-5-3-9-23-17(16)13-27-21/h2-5,8-9,12H,6-7,10-11,13H2,1H3. The SMILES string of the molecule is CC(=C1SC(N2CCC3(CC2)OCc2ncccc23)=NC1=O)c1cccnc1. The summed E-state index contributed by atoms with van der Waals surface area (Å²) in [6, 6.07) is 7.96. The monoisotopic (exact) mass is 392 g/mol. The smallest absolute Gasteiger partial charge is 0.286 e. The van der Waals surface area contributed by atoms with Crippen LogP contribution in [0.5, 0.6) is 0 Å². The fourth-order valence-electron chi connectivity index (χ4n) is 4.11. The fourth-order valence-corrected chi connectivity index (χ4v) is 5.13. The van der Waals surface area contributed by atoms with Gasteiger partial charge in [0.2, 0.25) is 0 Å². The van der Waals surface area contributed by atoms with Gasteiger partial charge in [-0.05, 0) is 54.8 Å². The molecule has 142 valence electrons. The van der Waals surface area contributed by atoms with Gasteiger partial charge in [0.25, 0.3) is 5.91 Å². The van der Waals surface area contributed by atoms with Crippen molar-refractivity contribution in [2.75, 3.05) is 13.1 Å². The second-order valence-electron chi connectivity index (χ2n) is 7.27. The first kappa shape index (κ1) is 17.6. The van der Waals surface area contributed by atoms with Crippen LogP contribution in [0.4, 0.5) is 0 Å². The Labute approximate surface area is 167 Å². The lowest BCUT2D eigenvalue weighted by Gasteiger charge is -2.39. The minimum atomic E-state index is -0.238. The van der Waals surface area contributed by atoms with Crippen molar-refractivity contribution in [2.45, 2.75) is 32.0 Å². The van der Waals surface area contributed by atoms with Crippen LogP contribution in [0.15, 0.2) is 52.8 Å². The van der Waals surface area contributed by atoms with E-state index in [1.54, 1.807) is 12.4 Å². The third-order valence-electron chi connectivity index (χ3n) is 5.73. The summed E-state index contributed by atoms with van der Waals surface area (Å²) in [5.74, 6) is -0.159. The van der Waals surface area contributed by atoms with Gasteiger partial charge >= 0.3 is 0 Å². The Kier molecular flexibility index (Phi) is 4.29. The molecule has 0 unspecified atom stereocenters. The molecule has 1 saturated heterocycles. The van der Waals surface area contributed by atoms with E-state index in [9.17, 15) is 4.79 Å². The van der Waals surface area contributed by atoms with Crippen LogP contribution >= 0.6 is 11.8 Å². The fraction of sp³-hybridized carbons (Fsp3) is 0.333. The number of amides is 1. The van der Waals surface area contributed by atoms with Gasteiger partial charge in [0.1, 0.15) is 0 Å². The van der Waals surface area contributed by atoms with Gasteiger partial charge in [-0.25, -0.2) is 0 Å². The molecule has 5 rings (SSSR count). The Balaban J connectivity index is 1.32. The molecule has 0 aromatic carbocycles. The number of fused-ring (bicyclic) bond motifs is 2. The summed E-state index contributed by atoms with van der Waals surface area (Å²) < 4.78 is 6.18. The minimum Gasteiger partial charge on any atom is -0.364 e. The van der Waals surface area contributed by atoms with E-state index in [0.717, 1.165) is 47.9 Å². The number of piperidine rings is 1. The van der Waals surface area contributed by atoms with Gasteiger partial charge < -0.3 is 9.64 Å². The van der Waals surface area contributed by atoms with E-state index in [1.807, 2.05) is 31.3 Å². The number of likely N-dealkylation sites (tertiary alicyclic amines) is 1. The highest BCUT2D eigenvalue weighted by Gasteiger charge is 2.44. The molecule has 7 heteroatoms. The predicted molar refractivity (Wildman–Crippen MR) is 108 cm³/mol. The van der Waals surface area contributed by atoms with Crippen LogP contribution in [0.2, 0.25) is 0 Å². The second-order valence-corrected chi connectivity index (χ2v) is 8.24. The number of amidine groups is 1. The molecule has 5 heterocycles. The maximum atomic E-state index is 12.5. The van der Waals surface area contributed by atoms with Crippen molar-refractivity contribution >= 4 is 28.4 Å². The van der Waals surface area contributed by atoms with Crippen LogP contribution in [-0.2, 0) is 21.7 Å². The number of nitrogens with zero attached hydrogens (tertiary/aromatic N) is 4. The third-order valence-corrected chi connectivity index (χ3v) is 6.94. The molecule has 3 aliphatic heterocycles. The van der Waals surface area contributed by atoms with E-state index < -0.39 is 0 Å². The molecular weight excluding hydrogens is 372 g/mol. The number of rotatable bonds is 1. The summed E-state index contributed by atoms with van der Waals surface area (Å²) in [5, 5.41) is 0.794. The highest BCUT2D eigenvalue weighted by atomic mass is 32.2. The maximum Gasteiger partial charge on any atom is 0.286 e. The van der Waals surface area contributed by atoms with Crippen molar-refractivity contribution < 1.29 is 9.53 Å². The van der Waals surface area contributed by atoms with Crippen molar-refractivity contribution in [3.63, 3.8) is 0 Å². The van der Waals surface area contributed by atoms with Gasteiger partial charge in [0, 0.05) is 37.2 Å². The largest absolute Gasteiger partial charge is 0.364 e.